The Morgan fingerprint density at radius 3 is 2.27 bits per heavy atom. The lowest BCUT2D eigenvalue weighted by Gasteiger charge is -2.26. The van der Waals surface area contributed by atoms with Gasteiger partial charge in [0.25, 0.3) is 10.0 Å². The van der Waals surface area contributed by atoms with E-state index in [1.165, 1.54) is 13.2 Å². The third kappa shape index (κ3) is 5.61. The van der Waals surface area contributed by atoms with Gasteiger partial charge in [-0.2, -0.15) is 0 Å². The van der Waals surface area contributed by atoms with E-state index < -0.39 is 22.5 Å². The van der Waals surface area contributed by atoms with Gasteiger partial charge < -0.3 is 10.1 Å². The van der Waals surface area contributed by atoms with Gasteiger partial charge in [0.1, 0.15) is 17.2 Å². The van der Waals surface area contributed by atoms with E-state index in [1.54, 1.807) is 49.4 Å². The first-order valence-electron chi connectivity index (χ1n) is 10.0. The van der Waals surface area contributed by atoms with E-state index in [2.05, 4.69) is 5.32 Å². The second-order valence-electron chi connectivity index (χ2n) is 7.66. The van der Waals surface area contributed by atoms with Gasteiger partial charge in [0.15, 0.2) is 0 Å². The number of aryl methyl sites for hydroxylation is 3. The SMILES string of the molecule is COc1ccc(C)cc1S(=O)(=O)N(CC(=O)Nc1cccc(Cl)c1Cl)c1cc(C)cc(C)c1. The third-order valence-corrected chi connectivity index (χ3v) is 7.51. The van der Waals surface area contributed by atoms with Crippen LogP contribution in [0.5, 0.6) is 5.75 Å². The van der Waals surface area contributed by atoms with Crippen molar-refractivity contribution in [2.45, 2.75) is 25.7 Å². The second kappa shape index (κ2) is 10.0. The van der Waals surface area contributed by atoms with E-state index in [9.17, 15) is 13.2 Å². The highest BCUT2D eigenvalue weighted by Crippen LogP contribution is 2.33. The zero-order valence-corrected chi connectivity index (χ0v) is 21.0. The summed E-state index contributed by atoms with van der Waals surface area (Å²) in [5.74, 6) is -0.387. The molecule has 0 aliphatic rings. The molecule has 0 saturated carbocycles. The molecule has 6 nitrogen and oxygen atoms in total. The molecule has 0 aromatic heterocycles. The lowest BCUT2D eigenvalue weighted by atomic mass is 10.1. The number of benzene rings is 3. The fraction of sp³-hybridized carbons (Fsp3) is 0.208. The number of anilines is 2. The predicted octanol–water partition coefficient (Wildman–Crippen LogP) is 5.76. The minimum absolute atomic E-state index is 0.0299. The first kappa shape index (κ1) is 24.9. The maximum absolute atomic E-state index is 13.8. The number of methoxy groups -OCH3 is 1. The number of amides is 1. The first-order chi connectivity index (χ1) is 15.5. The maximum atomic E-state index is 13.8. The van der Waals surface area contributed by atoms with Gasteiger partial charge in [0.2, 0.25) is 5.91 Å². The Kier molecular flexibility index (Phi) is 7.57. The van der Waals surface area contributed by atoms with Crippen molar-refractivity contribution in [2.24, 2.45) is 0 Å². The standard InChI is InChI=1S/C24H24Cl2N2O4S/c1-15-8-9-21(32-4)22(13-15)33(30,31)28(18-11-16(2)10-17(3)12-18)14-23(29)27-20-7-5-6-19(25)24(20)26/h5-13H,14H2,1-4H3,(H,27,29). The number of nitrogens with zero attached hydrogens (tertiary/aromatic N) is 1. The van der Waals surface area contributed by atoms with Gasteiger partial charge in [-0.25, -0.2) is 8.42 Å². The van der Waals surface area contributed by atoms with Crippen molar-refractivity contribution in [3.63, 3.8) is 0 Å². The summed E-state index contributed by atoms with van der Waals surface area (Å²) < 4.78 is 34.0. The molecule has 3 aromatic rings. The highest BCUT2D eigenvalue weighted by atomic mass is 35.5. The Morgan fingerprint density at radius 1 is 0.970 bits per heavy atom. The third-order valence-electron chi connectivity index (χ3n) is 4.89. The second-order valence-corrected chi connectivity index (χ2v) is 10.3. The van der Waals surface area contributed by atoms with E-state index in [4.69, 9.17) is 27.9 Å². The molecular weight excluding hydrogens is 483 g/mol. The summed E-state index contributed by atoms with van der Waals surface area (Å²) in [5.41, 5.74) is 3.12. The van der Waals surface area contributed by atoms with Crippen molar-refractivity contribution in [1.29, 1.82) is 0 Å². The van der Waals surface area contributed by atoms with Gasteiger partial charge in [-0.15, -0.1) is 0 Å². The highest BCUT2D eigenvalue weighted by molar-refractivity contribution is 7.93. The zero-order chi connectivity index (χ0) is 24.3. The zero-order valence-electron chi connectivity index (χ0n) is 18.6. The molecule has 0 heterocycles. The van der Waals surface area contributed by atoms with Gasteiger partial charge in [-0.1, -0.05) is 41.4 Å². The number of halogens is 2. The number of carbonyl (C=O) groups excluding carboxylic acids is 1. The monoisotopic (exact) mass is 506 g/mol. The molecule has 174 valence electrons. The van der Waals surface area contributed by atoms with Crippen molar-refractivity contribution < 1.29 is 17.9 Å². The molecule has 0 saturated heterocycles. The molecule has 9 heteroatoms. The van der Waals surface area contributed by atoms with Gasteiger partial charge in [0, 0.05) is 0 Å². The molecule has 0 bridgehead atoms. The number of rotatable bonds is 7. The minimum atomic E-state index is -4.17. The Labute approximate surface area is 204 Å². The smallest absolute Gasteiger partial charge is 0.268 e. The minimum Gasteiger partial charge on any atom is -0.495 e. The van der Waals surface area contributed by atoms with Crippen LogP contribution in [0.25, 0.3) is 0 Å². The predicted molar refractivity (Wildman–Crippen MR) is 133 cm³/mol. The summed E-state index contributed by atoms with van der Waals surface area (Å²) in [6.07, 6.45) is 0. The van der Waals surface area contributed by atoms with E-state index >= 15 is 0 Å². The lowest BCUT2D eigenvalue weighted by Crippen LogP contribution is -2.38. The number of hydrogen-bond acceptors (Lipinski definition) is 4. The van der Waals surface area contributed by atoms with Crippen LogP contribution >= 0.6 is 23.2 Å². The van der Waals surface area contributed by atoms with E-state index in [-0.39, 0.29) is 20.7 Å². The molecule has 0 spiro atoms. The molecule has 0 fully saturated rings. The van der Waals surface area contributed by atoms with E-state index in [0.29, 0.717) is 11.4 Å². The summed E-state index contributed by atoms with van der Waals surface area (Å²) in [7, 11) is -2.77. The normalized spacial score (nSPS) is 11.2. The van der Waals surface area contributed by atoms with Crippen LogP contribution in [0.15, 0.2) is 59.5 Å². The molecule has 0 radical (unpaired) electrons. The molecule has 0 aliphatic carbocycles. The first-order valence-corrected chi connectivity index (χ1v) is 12.2. The molecule has 33 heavy (non-hydrogen) atoms. The van der Waals surface area contributed by atoms with Crippen molar-refractivity contribution in [2.75, 3.05) is 23.3 Å². The van der Waals surface area contributed by atoms with Crippen LogP contribution in [0, 0.1) is 20.8 Å². The van der Waals surface area contributed by atoms with E-state index in [1.807, 2.05) is 19.9 Å². The number of ether oxygens (including phenoxy) is 1. The van der Waals surface area contributed by atoms with E-state index in [0.717, 1.165) is 21.0 Å². The van der Waals surface area contributed by atoms with Crippen molar-refractivity contribution in [1.82, 2.24) is 0 Å². The van der Waals surface area contributed by atoms with Crippen LogP contribution in [0.3, 0.4) is 0 Å². The van der Waals surface area contributed by atoms with Crippen LogP contribution in [0.1, 0.15) is 16.7 Å². The van der Waals surface area contributed by atoms with Crippen LogP contribution in [-0.2, 0) is 14.8 Å². The van der Waals surface area contributed by atoms with Crippen LogP contribution < -0.4 is 14.4 Å². The summed E-state index contributed by atoms with van der Waals surface area (Å²) in [5, 5.41) is 3.10. The molecular formula is C24H24Cl2N2O4S. The molecule has 3 rings (SSSR count). The Bertz CT molecular complexity index is 1290. The molecule has 0 atom stereocenters. The quantitative estimate of drug-likeness (QED) is 0.441. The molecule has 0 aliphatic heterocycles. The number of hydrogen-bond donors (Lipinski definition) is 1. The number of sulfonamides is 1. The van der Waals surface area contributed by atoms with Crippen LogP contribution in [-0.4, -0.2) is 28.0 Å². The molecule has 3 aromatic carbocycles. The van der Waals surface area contributed by atoms with Crippen molar-refractivity contribution in [3.8, 4) is 5.75 Å². The molecule has 0 unspecified atom stereocenters. The highest BCUT2D eigenvalue weighted by Gasteiger charge is 2.30. The summed E-state index contributed by atoms with van der Waals surface area (Å²) in [6, 6.07) is 15.0. The topological polar surface area (TPSA) is 75.7 Å². The van der Waals surface area contributed by atoms with Gasteiger partial charge in [-0.05, 0) is 73.9 Å². The van der Waals surface area contributed by atoms with Gasteiger partial charge >= 0.3 is 0 Å². The summed E-state index contributed by atoms with van der Waals surface area (Å²) in [6.45, 7) is 5.03. The van der Waals surface area contributed by atoms with Crippen LogP contribution in [0.2, 0.25) is 10.0 Å². The Morgan fingerprint density at radius 2 is 1.64 bits per heavy atom. The summed E-state index contributed by atoms with van der Waals surface area (Å²) >= 11 is 12.2. The Hall–Kier alpha value is -2.74. The van der Waals surface area contributed by atoms with Gasteiger partial charge in [0.05, 0.1) is 28.5 Å². The maximum Gasteiger partial charge on any atom is 0.268 e. The average molecular weight is 507 g/mol. The lowest BCUT2D eigenvalue weighted by molar-refractivity contribution is -0.114. The Balaban J connectivity index is 2.08. The molecule has 1 amide bonds. The fourth-order valence-corrected chi connectivity index (χ4v) is 5.43. The van der Waals surface area contributed by atoms with Crippen molar-refractivity contribution >= 4 is 50.5 Å². The molecule has 1 N–H and O–H groups in total. The van der Waals surface area contributed by atoms with Gasteiger partial charge in [-0.3, -0.25) is 9.10 Å². The number of nitrogens with one attached hydrogen (secondary N) is 1. The fourth-order valence-electron chi connectivity index (χ4n) is 3.43. The number of carbonyl (C=O) groups is 1. The summed E-state index contributed by atoms with van der Waals surface area (Å²) in [4.78, 5) is 12.9. The largest absolute Gasteiger partial charge is 0.495 e. The average Bonchev–Trinajstić information content (AvgIpc) is 2.74. The van der Waals surface area contributed by atoms with Crippen LogP contribution in [0.4, 0.5) is 11.4 Å². The van der Waals surface area contributed by atoms with Crippen molar-refractivity contribution in [3.05, 3.63) is 81.3 Å².